The molecule has 2 N–H and O–H groups in total. The number of hydrogen-bond acceptors (Lipinski definition) is 2. The van der Waals surface area contributed by atoms with Gasteiger partial charge in [-0.15, -0.1) is 0 Å². The van der Waals surface area contributed by atoms with Gasteiger partial charge in [-0.3, -0.25) is 9.59 Å². The van der Waals surface area contributed by atoms with E-state index in [4.69, 9.17) is 5.11 Å². The summed E-state index contributed by atoms with van der Waals surface area (Å²) in [7, 11) is 0. The number of hydrogen-bond donors (Lipinski definition) is 2. The van der Waals surface area contributed by atoms with Crippen molar-refractivity contribution in [3.05, 3.63) is 24.3 Å². The van der Waals surface area contributed by atoms with Gasteiger partial charge in [-0.25, -0.2) is 0 Å². The van der Waals surface area contributed by atoms with Crippen molar-refractivity contribution in [1.29, 1.82) is 0 Å². The lowest BCUT2D eigenvalue weighted by Crippen LogP contribution is -2.37. The Morgan fingerprint density at radius 3 is 2.28 bits per heavy atom. The molecule has 0 radical (unpaired) electrons. The number of rotatable bonds is 3. The third-order valence-electron chi connectivity index (χ3n) is 4.14. The quantitative estimate of drug-likeness (QED) is 0.806. The first-order chi connectivity index (χ1) is 8.59. The van der Waals surface area contributed by atoms with Crippen molar-refractivity contribution in [3.8, 4) is 0 Å². The van der Waals surface area contributed by atoms with Gasteiger partial charge in [0.1, 0.15) is 0 Å². The average molecular weight is 250 g/mol. The zero-order valence-electron chi connectivity index (χ0n) is 10.2. The first kappa shape index (κ1) is 12.9. The van der Waals surface area contributed by atoms with Gasteiger partial charge in [-0.2, -0.15) is 0 Å². The molecule has 1 saturated carbocycles. The van der Waals surface area contributed by atoms with E-state index in [0.717, 1.165) is 12.8 Å². The lowest BCUT2D eigenvalue weighted by atomic mass is 9.68. The highest BCUT2D eigenvalue weighted by Gasteiger charge is 2.40. The summed E-state index contributed by atoms with van der Waals surface area (Å²) in [6.45, 7) is 0. The van der Waals surface area contributed by atoms with Crippen LogP contribution in [0.3, 0.4) is 0 Å². The summed E-state index contributed by atoms with van der Waals surface area (Å²) in [5.74, 6) is -2.74. The minimum absolute atomic E-state index is 0.294. The van der Waals surface area contributed by atoms with Crippen molar-refractivity contribution >= 4 is 11.9 Å². The van der Waals surface area contributed by atoms with Crippen LogP contribution in [-0.4, -0.2) is 22.2 Å². The van der Waals surface area contributed by atoms with Crippen LogP contribution in [-0.2, 0) is 9.59 Å². The van der Waals surface area contributed by atoms with Crippen molar-refractivity contribution in [3.63, 3.8) is 0 Å². The fourth-order valence-corrected chi connectivity index (χ4v) is 3.11. The lowest BCUT2D eigenvalue weighted by molar-refractivity contribution is -0.156. The average Bonchev–Trinajstić information content (AvgIpc) is 2.39. The van der Waals surface area contributed by atoms with Crippen molar-refractivity contribution in [2.45, 2.75) is 25.7 Å². The van der Waals surface area contributed by atoms with Crippen LogP contribution in [0.1, 0.15) is 25.7 Å². The maximum absolute atomic E-state index is 11.2. The smallest absolute Gasteiger partial charge is 0.307 e. The van der Waals surface area contributed by atoms with Crippen LogP contribution < -0.4 is 0 Å². The molecule has 0 bridgehead atoms. The van der Waals surface area contributed by atoms with Crippen LogP contribution in [0, 0.1) is 23.7 Å². The van der Waals surface area contributed by atoms with Crippen LogP contribution in [0.25, 0.3) is 0 Å². The lowest BCUT2D eigenvalue weighted by Gasteiger charge is -2.35. The molecule has 0 aromatic heterocycles. The van der Waals surface area contributed by atoms with E-state index < -0.39 is 23.8 Å². The Labute approximate surface area is 106 Å². The first-order valence-corrected chi connectivity index (χ1v) is 6.38. The Balaban J connectivity index is 2.06. The summed E-state index contributed by atoms with van der Waals surface area (Å²) >= 11 is 0. The molecule has 0 amide bonds. The van der Waals surface area contributed by atoms with Crippen LogP contribution in [0.4, 0.5) is 0 Å². The van der Waals surface area contributed by atoms with Crippen LogP contribution >= 0.6 is 0 Å². The number of carbonyl (C=O) groups is 2. The SMILES string of the molecule is O=C(O)[C@H]1CC([C@H]2C=CC=CC2)CC[C@H]1C(=O)O. The van der Waals surface area contributed by atoms with Crippen molar-refractivity contribution in [2.75, 3.05) is 0 Å². The molecule has 2 aliphatic rings. The molecular formula is C14H18O4. The molecule has 0 heterocycles. The van der Waals surface area contributed by atoms with E-state index in [2.05, 4.69) is 12.2 Å². The summed E-state index contributed by atoms with van der Waals surface area (Å²) in [5, 5.41) is 18.2. The van der Waals surface area contributed by atoms with E-state index >= 15 is 0 Å². The predicted octanol–water partition coefficient (Wildman–Crippen LogP) is 2.32. The van der Waals surface area contributed by atoms with Crippen molar-refractivity contribution < 1.29 is 19.8 Å². The molecule has 4 atom stereocenters. The van der Waals surface area contributed by atoms with E-state index in [1.165, 1.54) is 0 Å². The Bertz CT molecular complexity index is 397. The predicted molar refractivity (Wildman–Crippen MR) is 66.0 cm³/mol. The fourth-order valence-electron chi connectivity index (χ4n) is 3.11. The molecular weight excluding hydrogens is 232 g/mol. The van der Waals surface area contributed by atoms with Gasteiger partial charge in [0.2, 0.25) is 0 Å². The van der Waals surface area contributed by atoms with E-state index in [1.54, 1.807) is 0 Å². The number of carboxylic acid groups (broad SMARTS) is 2. The van der Waals surface area contributed by atoms with Gasteiger partial charge in [0.15, 0.2) is 0 Å². The molecule has 2 aliphatic carbocycles. The Kier molecular flexibility index (Phi) is 3.84. The molecule has 0 saturated heterocycles. The molecule has 18 heavy (non-hydrogen) atoms. The Hall–Kier alpha value is -1.58. The van der Waals surface area contributed by atoms with Crippen LogP contribution in [0.5, 0.6) is 0 Å². The number of carboxylic acids is 2. The largest absolute Gasteiger partial charge is 0.481 e. The highest BCUT2D eigenvalue weighted by atomic mass is 16.4. The third-order valence-corrected chi connectivity index (χ3v) is 4.14. The highest BCUT2D eigenvalue weighted by Crippen LogP contribution is 2.40. The molecule has 98 valence electrons. The van der Waals surface area contributed by atoms with E-state index in [9.17, 15) is 14.7 Å². The van der Waals surface area contributed by atoms with Gasteiger partial charge in [-0.05, 0) is 37.5 Å². The molecule has 2 rings (SSSR count). The van der Waals surface area contributed by atoms with Gasteiger partial charge in [0.25, 0.3) is 0 Å². The molecule has 4 nitrogen and oxygen atoms in total. The standard InChI is InChI=1S/C14H18O4/c15-13(16)11-7-6-10(8-12(11)14(17)18)9-4-2-1-3-5-9/h1-4,9-12H,5-8H2,(H,15,16)(H,17,18)/t9-,10?,11+,12-/m0/s1. The molecule has 0 spiro atoms. The molecule has 0 aromatic rings. The number of allylic oxidation sites excluding steroid dienone is 4. The summed E-state index contributed by atoms with van der Waals surface area (Å²) in [5.41, 5.74) is 0. The van der Waals surface area contributed by atoms with Gasteiger partial charge in [0, 0.05) is 0 Å². The molecule has 0 aromatic carbocycles. The van der Waals surface area contributed by atoms with Gasteiger partial charge in [-0.1, -0.05) is 24.3 Å². The van der Waals surface area contributed by atoms with Gasteiger partial charge >= 0.3 is 11.9 Å². The fraction of sp³-hybridized carbons (Fsp3) is 0.571. The topological polar surface area (TPSA) is 74.6 Å². The van der Waals surface area contributed by atoms with E-state index in [-0.39, 0.29) is 0 Å². The monoisotopic (exact) mass is 250 g/mol. The highest BCUT2D eigenvalue weighted by molar-refractivity contribution is 5.80. The second-order valence-corrected chi connectivity index (χ2v) is 5.18. The maximum atomic E-state index is 11.2. The summed E-state index contributed by atoms with van der Waals surface area (Å²) in [6.07, 6.45) is 10.9. The van der Waals surface area contributed by atoms with Crippen molar-refractivity contribution in [2.24, 2.45) is 23.7 Å². The Morgan fingerprint density at radius 2 is 1.72 bits per heavy atom. The second kappa shape index (κ2) is 5.38. The van der Waals surface area contributed by atoms with Crippen LogP contribution in [0.15, 0.2) is 24.3 Å². The Morgan fingerprint density at radius 1 is 1.00 bits per heavy atom. The first-order valence-electron chi connectivity index (χ1n) is 6.38. The third kappa shape index (κ3) is 2.63. The molecule has 1 unspecified atom stereocenters. The second-order valence-electron chi connectivity index (χ2n) is 5.18. The normalized spacial score (nSPS) is 35.3. The van der Waals surface area contributed by atoms with Crippen LogP contribution in [0.2, 0.25) is 0 Å². The zero-order chi connectivity index (χ0) is 13.1. The number of aliphatic carboxylic acids is 2. The summed E-state index contributed by atoms with van der Waals surface area (Å²) in [6, 6.07) is 0. The van der Waals surface area contributed by atoms with Gasteiger partial charge < -0.3 is 10.2 Å². The van der Waals surface area contributed by atoms with E-state index in [0.29, 0.717) is 24.7 Å². The molecule has 0 aliphatic heterocycles. The minimum Gasteiger partial charge on any atom is -0.481 e. The minimum atomic E-state index is -0.972. The van der Waals surface area contributed by atoms with Gasteiger partial charge in [0.05, 0.1) is 11.8 Å². The maximum Gasteiger partial charge on any atom is 0.307 e. The summed E-state index contributed by atoms with van der Waals surface area (Å²) in [4.78, 5) is 22.3. The van der Waals surface area contributed by atoms with E-state index in [1.807, 2.05) is 12.2 Å². The molecule has 1 fully saturated rings. The zero-order valence-corrected chi connectivity index (χ0v) is 10.2. The summed E-state index contributed by atoms with van der Waals surface area (Å²) < 4.78 is 0. The molecule has 4 heteroatoms. The van der Waals surface area contributed by atoms with Crippen molar-refractivity contribution in [1.82, 2.24) is 0 Å².